The zero-order valence-electron chi connectivity index (χ0n) is 49.1. The van der Waals surface area contributed by atoms with E-state index in [2.05, 4.69) is 301 Å². The third-order valence-corrected chi connectivity index (χ3v) is 19.9. The molecule has 6 aliphatic rings. The van der Waals surface area contributed by atoms with E-state index in [4.69, 9.17) is 0 Å². The van der Waals surface area contributed by atoms with Gasteiger partial charge in [-0.1, -0.05) is 214 Å². The van der Waals surface area contributed by atoms with Crippen molar-refractivity contribution in [3.05, 3.63) is 252 Å². The molecule has 2 unspecified atom stereocenters. The zero-order valence-corrected chi connectivity index (χ0v) is 49.1. The van der Waals surface area contributed by atoms with E-state index >= 15 is 0 Å². The molecule has 16 rings (SSSR count). The summed E-state index contributed by atoms with van der Waals surface area (Å²) in [7, 11) is 0. The number of para-hydroxylation sites is 2. The van der Waals surface area contributed by atoms with E-state index in [1.54, 1.807) is 5.56 Å². The van der Waals surface area contributed by atoms with Crippen LogP contribution in [0.15, 0.2) is 224 Å². The molecule has 0 fully saturated rings. The molecule has 0 saturated heterocycles. The van der Waals surface area contributed by atoms with Crippen LogP contribution in [0.5, 0.6) is 0 Å². The van der Waals surface area contributed by atoms with Crippen molar-refractivity contribution in [2.24, 2.45) is 0 Å². The van der Waals surface area contributed by atoms with Gasteiger partial charge in [-0.2, -0.15) is 0 Å². The van der Waals surface area contributed by atoms with Crippen molar-refractivity contribution in [3.63, 3.8) is 0 Å². The van der Waals surface area contributed by atoms with Crippen molar-refractivity contribution in [2.45, 2.75) is 115 Å². The van der Waals surface area contributed by atoms with Crippen molar-refractivity contribution < 1.29 is 0 Å². The number of hydrogen-bond donors (Lipinski definition) is 0. The monoisotopic (exact) mass is 1060 g/mol. The molecule has 0 radical (unpaired) electrons. The minimum Gasteiger partial charge on any atom is -0.311 e. The van der Waals surface area contributed by atoms with Crippen LogP contribution in [0.25, 0.3) is 33.4 Å². The third kappa shape index (κ3) is 7.84. The van der Waals surface area contributed by atoms with Crippen LogP contribution in [-0.4, -0.2) is 6.71 Å². The van der Waals surface area contributed by atoms with Crippen LogP contribution in [0.1, 0.15) is 116 Å². The first-order chi connectivity index (χ1) is 39.5. The molecular formula is C78H72BN3. The summed E-state index contributed by atoms with van der Waals surface area (Å²) in [5.41, 5.74) is 29.1. The molecule has 3 nitrogen and oxygen atoms in total. The van der Waals surface area contributed by atoms with Gasteiger partial charge in [0.2, 0.25) is 0 Å². The molecule has 6 bridgehead atoms. The Morgan fingerprint density at radius 1 is 0.378 bits per heavy atom. The fourth-order valence-corrected chi connectivity index (χ4v) is 16.1. The Morgan fingerprint density at radius 2 is 0.927 bits per heavy atom. The van der Waals surface area contributed by atoms with Gasteiger partial charge in [0.15, 0.2) is 0 Å². The summed E-state index contributed by atoms with van der Waals surface area (Å²) in [6, 6.07) is 86.1. The summed E-state index contributed by atoms with van der Waals surface area (Å²) < 4.78 is 0. The van der Waals surface area contributed by atoms with E-state index in [1.807, 2.05) is 0 Å². The summed E-state index contributed by atoms with van der Waals surface area (Å²) in [5.74, 6) is 0. The van der Waals surface area contributed by atoms with Gasteiger partial charge < -0.3 is 14.7 Å². The molecule has 402 valence electrons. The highest BCUT2D eigenvalue weighted by molar-refractivity contribution is 7.00. The Bertz CT molecular complexity index is 4140. The summed E-state index contributed by atoms with van der Waals surface area (Å²) in [6.45, 7) is 22.3. The van der Waals surface area contributed by atoms with Gasteiger partial charge >= 0.3 is 0 Å². The van der Waals surface area contributed by atoms with Crippen LogP contribution in [-0.2, 0) is 27.1 Å². The molecule has 10 aromatic rings. The summed E-state index contributed by atoms with van der Waals surface area (Å²) in [6.07, 6.45) is 4.52. The highest BCUT2D eigenvalue weighted by atomic mass is 15.2. The van der Waals surface area contributed by atoms with Gasteiger partial charge in [-0.15, -0.1) is 0 Å². The predicted molar refractivity (Wildman–Crippen MR) is 349 cm³/mol. The summed E-state index contributed by atoms with van der Waals surface area (Å²) in [5, 5.41) is 0. The Kier molecular flexibility index (Phi) is 11.2. The predicted octanol–water partition coefficient (Wildman–Crippen LogP) is 19.2. The molecule has 10 aromatic carbocycles. The average molecular weight is 1060 g/mol. The van der Waals surface area contributed by atoms with Crippen LogP contribution in [0.4, 0.5) is 51.2 Å². The highest BCUT2D eigenvalue weighted by Gasteiger charge is 2.53. The molecule has 4 heterocycles. The first-order valence-electron chi connectivity index (χ1n) is 30.0. The largest absolute Gasteiger partial charge is 0.311 e. The Hall–Kier alpha value is -8.34. The maximum atomic E-state index is 2.74. The van der Waals surface area contributed by atoms with Gasteiger partial charge in [-0.25, -0.2) is 0 Å². The van der Waals surface area contributed by atoms with Gasteiger partial charge in [0.25, 0.3) is 6.71 Å². The quantitative estimate of drug-likeness (QED) is 0.154. The van der Waals surface area contributed by atoms with Crippen LogP contribution < -0.4 is 31.1 Å². The van der Waals surface area contributed by atoms with E-state index in [9.17, 15) is 0 Å². The second kappa shape index (κ2) is 18.1. The maximum absolute atomic E-state index is 2.74. The molecular weight excluding hydrogens is 990 g/mol. The SMILES string of the molecule is CC(C)(C)c1ccc2c(c1)-c1ccc3c(c1)C(C)(C)CCC3(C)CC1(C)CC(C)(C)c3cc4c(cc31)N2c1cc(N(c2ccccc2)c2ccccc2)cc2c1B4c1cc(-c3ccccc3)ccc1N2c1ccc(-c2ccccc2)cc1. The fourth-order valence-electron chi connectivity index (χ4n) is 16.1. The smallest absolute Gasteiger partial charge is 0.252 e. The third-order valence-electron chi connectivity index (χ3n) is 19.9. The van der Waals surface area contributed by atoms with Crippen molar-refractivity contribution in [1.29, 1.82) is 0 Å². The van der Waals surface area contributed by atoms with Gasteiger partial charge in [-0.05, 0) is 198 Å². The molecule has 4 heteroatoms. The Balaban J connectivity index is 1.11. The number of nitrogens with zero attached hydrogens (tertiary/aromatic N) is 3. The zero-order chi connectivity index (χ0) is 56.1. The fraction of sp³-hybridized carbons (Fsp3) is 0.231. The van der Waals surface area contributed by atoms with E-state index in [0.29, 0.717) is 0 Å². The lowest BCUT2D eigenvalue weighted by molar-refractivity contribution is 0.227. The second-order valence-electron chi connectivity index (χ2n) is 27.5. The van der Waals surface area contributed by atoms with Gasteiger partial charge in [-0.3, -0.25) is 0 Å². The van der Waals surface area contributed by atoms with Crippen molar-refractivity contribution in [2.75, 3.05) is 14.7 Å². The van der Waals surface area contributed by atoms with Gasteiger partial charge in [0.05, 0.1) is 11.4 Å². The van der Waals surface area contributed by atoms with Crippen LogP contribution >= 0.6 is 0 Å². The van der Waals surface area contributed by atoms with Crippen molar-refractivity contribution >= 4 is 74.3 Å². The van der Waals surface area contributed by atoms with Crippen LogP contribution in [0.2, 0.25) is 0 Å². The lowest BCUT2D eigenvalue weighted by Crippen LogP contribution is -2.61. The maximum Gasteiger partial charge on any atom is 0.252 e. The number of fused-ring (bicyclic) bond motifs is 4. The number of rotatable bonds is 6. The molecule has 0 spiro atoms. The molecule has 0 amide bonds. The van der Waals surface area contributed by atoms with Gasteiger partial charge in [0.1, 0.15) is 0 Å². The second-order valence-corrected chi connectivity index (χ2v) is 27.5. The van der Waals surface area contributed by atoms with Crippen LogP contribution in [0, 0.1) is 0 Å². The number of benzene rings is 10. The average Bonchev–Trinajstić information content (AvgIpc) is 1.63. The lowest BCUT2D eigenvalue weighted by Gasteiger charge is -2.47. The van der Waals surface area contributed by atoms with E-state index in [-0.39, 0.29) is 33.8 Å². The standard InChI is InChI=1S/C78H72BN3/c1-74(2,3)56-34-39-68-61(44-56)55-32-37-62-63(42-55)75(4,5)40-41-77(62,8)50-78(9)49-76(6,7)64-47-67-70(48-65(64)78)82(68)72-46-60(80(57-26-18-12-19-27-57)58-28-20-13-21-29-58)45-71-73(72)79(67)66-43-54(52-24-16-11-17-25-52)33-38-69(66)81(71)59-35-30-53(31-36-59)51-22-14-10-15-23-51/h10-39,42-48H,40-41,49-50H2,1-9H3. The van der Waals surface area contributed by atoms with Crippen molar-refractivity contribution in [3.8, 4) is 33.4 Å². The number of anilines is 9. The van der Waals surface area contributed by atoms with E-state index in [0.717, 1.165) is 42.0 Å². The van der Waals surface area contributed by atoms with E-state index in [1.165, 1.54) is 107 Å². The van der Waals surface area contributed by atoms with Crippen LogP contribution in [0.3, 0.4) is 0 Å². The first-order valence-corrected chi connectivity index (χ1v) is 30.0. The normalized spacial score (nSPS) is 19.3. The number of hydrogen-bond acceptors (Lipinski definition) is 3. The summed E-state index contributed by atoms with van der Waals surface area (Å²) >= 11 is 0. The molecule has 2 atom stereocenters. The van der Waals surface area contributed by atoms with Gasteiger partial charge in [0, 0.05) is 45.4 Å². The molecule has 0 saturated carbocycles. The summed E-state index contributed by atoms with van der Waals surface area (Å²) in [4.78, 5) is 7.81. The highest BCUT2D eigenvalue weighted by Crippen LogP contribution is 2.60. The topological polar surface area (TPSA) is 9.72 Å². The minimum absolute atomic E-state index is 0.00317. The van der Waals surface area contributed by atoms with E-state index < -0.39 is 0 Å². The molecule has 82 heavy (non-hydrogen) atoms. The first kappa shape index (κ1) is 50.6. The Labute approximate surface area is 487 Å². The lowest BCUT2D eigenvalue weighted by atomic mass is 9.33. The molecule has 2 aliphatic carbocycles. The van der Waals surface area contributed by atoms with Crippen molar-refractivity contribution in [1.82, 2.24) is 0 Å². The molecule has 0 N–H and O–H groups in total. The minimum atomic E-state index is -0.0924. The Morgan fingerprint density at radius 3 is 1.57 bits per heavy atom. The molecule has 4 aliphatic heterocycles. The molecule has 0 aromatic heterocycles.